The zero-order valence-corrected chi connectivity index (χ0v) is 16.6. The van der Waals surface area contributed by atoms with Gasteiger partial charge in [0.1, 0.15) is 0 Å². The van der Waals surface area contributed by atoms with E-state index in [2.05, 4.69) is 39.4 Å². The van der Waals surface area contributed by atoms with Crippen LogP contribution in [0.5, 0.6) is 0 Å². The Morgan fingerprint density at radius 1 is 1.11 bits per heavy atom. The Kier molecular flexibility index (Phi) is 5.83. The molecule has 2 N–H and O–H groups in total. The van der Waals surface area contributed by atoms with Crippen molar-refractivity contribution in [2.45, 2.75) is 36.7 Å². The van der Waals surface area contributed by atoms with Crippen LogP contribution in [-0.4, -0.2) is 87.3 Å². The summed E-state index contributed by atoms with van der Waals surface area (Å²) in [6.07, 6.45) is 1.54. The lowest BCUT2D eigenvalue weighted by Crippen LogP contribution is -2.53. The van der Waals surface area contributed by atoms with Gasteiger partial charge in [-0.05, 0) is 37.1 Å². The van der Waals surface area contributed by atoms with E-state index in [1.807, 2.05) is 0 Å². The topological polar surface area (TPSA) is 57.2 Å². The van der Waals surface area contributed by atoms with Crippen molar-refractivity contribution in [3.8, 4) is 0 Å². The highest BCUT2D eigenvalue weighted by atomic mass is 16.7. The summed E-state index contributed by atoms with van der Waals surface area (Å²) < 4.78 is 10.7. The van der Waals surface area contributed by atoms with E-state index < -0.39 is 0 Å². The average Bonchev–Trinajstić information content (AvgIpc) is 2.96. The van der Waals surface area contributed by atoms with Crippen molar-refractivity contribution in [3.63, 3.8) is 0 Å². The minimum absolute atomic E-state index is 0.0825. The van der Waals surface area contributed by atoms with E-state index in [9.17, 15) is 5.11 Å². The lowest BCUT2D eigenvalue weighted by atomic mass is 9.72. The van der Waals surface area contributed by atoms with Crippen LogP contribution in [0.2, 0.25) is 0 Å². The molecule has 150 valence electrons. The molecule has 2 saturated heterocycles. The Morgan fingerprint density at radius 3 is 2.44 bits per heavy atom. The molecular weight excluding hydrogens is 342 g/mol. The number of aliphatic hydroxyl groups is 1. The van der Waals surface area contributed by atoms with Crippen LogP contribution in [0.25, 0.3) is 0 Å². The maximum absolute atomic E-state index is 11.5. The van der Waals surface area contributed by atoms with Gasteiger partial charge in [0.25, 0.3) is 0 Å². The van der Waals surface area contributed by atoms with Crippen LogP contribution in [0.3, 0.4) is 0 Å². The summed E-state index contributed by atoms with van der Waals surface area (Å²) >= 11 is 0. The summed E-state index contributed by atoms with van der Waals surface area (Å²) in [6.45, 7) is 6.64. The van der Waals surface area contributed by atoms with E-state index in [1.165, 1.54) is 11.1 Å². The minimum Gasteiger partial charge on any atom is -0.390 e. The first-order chi connectivity index (χ1) is 13.2. The highest BCUT2D eigenvalue weighted by Gasteiger charge is 2.53. The molecule has 1 aliphatic carbocycles. The van der Waals surface area contributed by atoms with Crippen molar-refractivity contribution < 1.29 is 14.6 Å². The molecule has 27 heavy (non-hydrogen) atoms. The summed E-state index contributed by atoms with van der Waals surface area (Å²) in [4.78, 5) is 4.88. The summed E-state index contributed by atoms with van der Waals surface area (Å²) in [6, 6.07) is 8.85. The molecule has 0 amide bonds. The molecule has 4 rings (SSSR count). The van der Waals surface area contributed by atoms with E-state index in [4.69, 9.17) is 9.47 Å². The van der Waals surface area contributed by atoms with Crippen molar-refractivity contribution >= 4 is 0 Å². The van der Waals surface area contributed by atoms with Gasteiger partial charge in [-0.1, -0.05) is 24.3 Å². The minimum atomic E-state index is -0.325. The second kappa shape index (κ2) is 8.15. The lowest BCUT2D eigenvalue weighted by Gasteiger charge is -2.43. The van der Waals surface area contributed by atoms with Gasteiger partial charge in [0.15, 0.2) is 6.29 Å². The Balaban J connectivity index is 1.50. The van der Waals surface area contributed by atoms with Crippen LogP contribution in [0.4, 0.5) is 0 Å². The van der Waals surface area contributed by atoms with Crippen LogP contribution in [0.1, 0.15) is 30.0 Å². The molecule has 1 aromatic carbocycles. The number of nitrogens with zero attached hydrogens (tertiary/aromatic N) is 2. The highest BCUT2D eigenvalue weighted by Crippen LogP contribution is 2.52. The van der Waals surface area contributed by atoms with Gasteiger partial charge in [-0.15, -0.1) is 0 Å². The van der Waals surface area contributed by atoms with Gasteiger partial charge in [-0.2, -0.15) is 0 Å². The second-order valence-corrected chi connectivity index (χ2v) is 8.12. The van der Waals surface area contributed by atoms with E-state index >= 15 is 0 Å². The third kappa shape index (κ3) is 3.43. The number of benzene rings is 1. The summed E-state index contributed by atoms with van der Waals surface area (Å²) in [5.41, 5.74) is 2.64. The van der Waals surface area contributed by atoms with Crippen molar-refractivity contribution in [2.75, 3.05) is 60.0 Å². The molecule has 1 spiro atoms. The predicted molar refractivity (Wildman–Crippen MR) is 105 cm³/mol. The van der Waals surface area contributed by atoms with Crippen molar-refractivity contribution in [2.24, 2.45) is 0 Å². The molecular formula is C21H33N3O3. The molecule has 0 unspecified atom stereocenters. The average molecular weight is 376 g/mol. The molecule has 3 aliphatic rings. The SMILES string of the molecule is COC(CN1CCN([C@@H]2c3ccccc3C3(CCNCC3)[C@H]2O)CC1)OC. The second-order valence-electron chi connectivity index (χ2n) is 8.12. The molecule has 0 bridgehead atoms. The zero-order valence-electron chi connectivity index (χ0n) is 16.6. The van der Waals surface area contributed by atoms with Crippen molar-refractivity contribution in [1.82, 2.24) is 15.1 Å². The summed E-state index contributed by atoms with van der Waals surface area (Å²) in [7, 11) is 3.38. The number of piperazine rings is 1. The van der Waals surface area contributed by atoms with Gasteiger partial charge in [-0.25, -0.2) is 0 Å². The fourth-order valence-corrected chi connectivity index (χ4v) is 5.35. The van der Waals surface area contributed by atoms with Gasteiger partial charge in [0.05, 0.1) is 12.1 Å². The molecule has 2 atom stereocenters. The molecule has 2 aliphatic heterocycles. The van der Waals surface area contributed by atoms with Gasteiger partial charge >= 0.3 is 0 Å². The normalized spacial score (nSPS) is 28.7. The van der Waals surface area contributed by atoms with Crippen LogP contribution >= 0.6 is 0 Å². The summed E-state index contributed by atoms with van der Waals surface area (Å²) in [5, 5.41) is 15.0. The number of hydrogen-bond donors (Lipinski definition) is 2. The molecule has 1 aromatic rings. The molecule has 0 radical (unpaired) electrons. The van der Waals surface area contributed by atoms with Gasteiger partial charge < -0.3 is 19.9 Å². The van der Waals surface area contributed by atoms with Gasteiger partial charge in [0, 0.05) is 52.4 Å². The fraction of sp³-hybridized carbons (Fsp3) is 0.714. The Hall–Kier alpha value is -1.02. The number of rotatable bonds is 5. The molecule has 0 aromatic heterocycles. The van der Waals surface area contributed by atoms with Gasteiger partial charge in [0.2, 0.25) is 0 Å². The van der Waals surface area contributed by atoms with Crippen molar-refractivity contribution in [3.05, 3.63) is 35.4 Å². The van der Waals surface area contributed by atoms with Crippen molar-refractivity contribution in [1.29, 1.82) is 0 Å². The third-order valence-corrected chi connectivity index (χ3v) is 6.91. The van der Waals surface area contributed by atoms with Crippen LogP contribution in [0, 0.1) is 0 Å². The predicted octanol–water partition coefficient (Wildman–Crippen LogP) is 0.960. The number of aliphatic hydroxyl groups excluding tert-OH is 1. The molecule has 2 heterocycles. The number of methoxy groups -OCH3 is 2. The number of nitrogens with one attached hydrogen (secondary N) is 1. The van der Waals surface area contributed by atoms with Gasteiger partial charge in [-0.3, -0.25) is 9.80 Å². The Morgan fingerprint density at radius 2 is 1.78 bits per heavy atom. The Bertz CT molecular complexity index is 623. The van der Waals surface area contributed by atoms with Crippen LogP contribution in [0.15, 0.2) is 24.3 Å². The number of hydrogen-bond acceptors (Lipinski definition) is 6. The molecule has 2 fully saturated rings. The Labute approximate surface area is 162 Å². The highest BCUT2D eigenvalue weighted by molar-refractivity contribution is 5.45. The monoisotopic (exact) mass is 375 g/mol. The number of ether oxygens (including phenoxy) is 2. The maximum Gasteiger partial charge on any atom is 0.169 e. The standard InChI is InChI=1S/C21H33N3O3/c1-26-18(27-2)15-23-11-13-24(14-12-23)19-16-5-3-4-6-17(16)21(20(19)25)7-9-22-10-8-21/h3-6,18-20,22,25H,7-15H2,1-2H3/t19-,20+/m1/s1. The van der Waals surface area contributed by atoms with E-state index in [0.29, 0.717) is 0 Å². The quantitative estimate of drug-likeness (QED) is 0.748. The first kappa shape index (κ1) is 19.3. The molecule has 6 nitrogen and oxygen atoms in total. The van der Waals surface area contributed by atoms with Crippen LogP contribution in [-0.2, 0) is 14.9 Å². The number of fused-ring (bicyclic) bond motifs is 2. The largest absolute Gasteiger partial charge is 0.390 e. The number of piperidine rings is 1. The summed E-state index contributed by atoms with van der Waals surface area (Å²) in [5.74, 6) is 0. The lowest BCUT2D eigenvalue weighted by molar-refractivity contribution is -0.121. The first-order valence-corrected chi connectivity index (χ1v) is 10.2. The van der Waals surface area contributed by atoms with E-state index in [-0.39, 0.29) is 23.9 Å². The smallest absolute Gasteiger partial charge is 0.169 e. The first-order valence-electron chi connectivity index (χ1n) is 10.2. The zero-order chi connectivity index (χ0) is 18.9. The third-order valence-electron chi connectivity index (χ3n) is 6.91. The molecule has 6 heteroatoms. The van der Waals surface area contributed by atoms with E-state index in [1.54, 1.807) is 14.2 Å². The van der Waals surface area contributed by atoms with E-state index in [0.717, 1.165) is 58.7 Å². The fourth-order valence-electron chi connectivity index (χ4n) is 5.35. The molecule has 0 saturated carbocycles. The van der Waals surface area contributed by atoms with Crippen LogP contribution < -0.4 is 5.32 Å². The maximum atomic E-state index is 11.5.